The van der Waals surface area contributed by atoms with E-state index < -0.39 is 0 Å². The molecule has 0 radical (unpaired) electrons. The van der Waals surface area contributed by atoms with Gasteiger partial charge in [-0.1, -0.05) is 29.3 Å². The normalized spacial score (nSPS) is 15.1. The Balaban J connectivity index is 2.31. The highest BCUT2D eigenvalue weighted by Crippen LogP contribution is 2.27. The third-order valence-electron chi connectivity index (χ3n) is 2.33. The lowest BCUT2D eigenvalue weighted by Gasteiger charge is -2.31. The summed E-state index contributed by atoms with van der Waals surface area (Å²) in [6.07, 6.45) is 1.07. The summed E-state index contributed by atoms with van der Waals surface area (Å²) in [5.74, 6) is -0.0243. The van der Waals surface area contributed by atoms with Crippen molar-refractivity contribution >= 4 is 29.1 Å². The van der Waals surface area contributed by atoms with Gasteiger partial charge in [0.25, 0.3) is 5.91 Å². The number of hydrogen-bond donors (Lipinski definition) is 0. The van der Waals surface area contributed by atoms with E-state index >= 15 is 0 Å². The molecule has 1 aromatic rings. The van der Waals surface area contributed by atoms with Crippen molar-refractivity contribution in [1.29, 1.82) is 0 Å². The monoisotopic (exact) mass is 229 g/mol. The lowest BCUT2D eigenvalue weighted by atomic mass is 10.1. The zero-order chi connectivity index (χ0) is 10.1. The second-order valence-corrected chi connectivity index (χ2v) is 4.03. The van der Waals surface area contributed by atoms with E-state index in [-0.39, 0.29) is 5.91 Å². The molecule has 0 unspecified atom stereocenters. The first-order valence-electron chi connectivity index (χ1n) is 4.43. The summed E-state index contributed by atoms with van der Waals surface area (Å²) in [7, 11) is 0. The highest BCUT2D eigenvalue weighted by Gasteiger charge is 2.23. The van der Waals surface area contributed by atoms with E-state index in [2.05, 4.69) is 0 Å². The van der Waals surface area contributed by atoms with Gasteiger partial charge >= 0.3 is 0 Å². The van der Waals surface area contributed by atoms with Gasteiger partial charge in [-0.15, -0.1) is 0 Å². The SMILES string of the molecule is O=C(c1cccc(Cl)c1Cl)N1CCC1. The van der Waals surface area contributed by atoms with Crippen LogP contribution in [0.25, 0.3) is 0 Å². The predicted molar refractivity (Wildman–Crippen MR) is 57.0 cm³/mol. The van der Waals surface area contributed by atoms with Crippen LogP contribution in [0.3, 0.4) is 0 Å². The van der Waals surface area contributed by atoms with Crippen molar-refractivity contribution in [2.75, 3.05) is 13.1 Å². The van der Waals surface area contributed by atoms with Gasteiger partial charge in [0.15, 0.2) is 0 Å². The molecule has 14 heavy (non-hydrogen) atoms. The van der Waals surface area contributed by atoms with E-state index in [4.69, 9.17) is 23.2 Å². The van der Waals surface area contributed by atoms with Gasteiger partial charge in [-0.3, -0.25) is 4.79 Å². The first kappa shape index (κ1) is 9.81. The summed E-state index contributed by atoms with van der Waals surface area (Å²) in [5, 5.41) is 0.782. The standard InChI is InChI=1S/C10H9Cl2NO/c11-8-4-1-3-7(9(8)12)10(14)13-5-2-6-13/h1,3-4H,2,5-6H2. The molecule has 0 atom stereocenters. The Morgan fingerprint density at radius 2 is 2.00 bits per heavy atom. The van der Waals surface area contributed by atoms with Crippen molar-refractivity contribution < 1.29 is 4.79 Å². The highest BCUT2D eigenvalue weighted by atomic mass is 35.5. The van der Waals surface area contributed by atoms with Crippen LogP contribution in [0.5, 0.6) is 0 Å². The van der Waals surface area contributed by atoms with Crippen LogP contribution in [0.15, 0.2) is 18.2 Å². The lowest BCUT2D eigenvalue weighted by Crippen LogP contribution is -2.42. The summed E-state index contributed by atoms with van der Waals surface area (Å²) in [5.41, 5.74) is 0.499. The molecule has 0 spiro atoms. The minimum absolute atomic E-state index is 0.0243. The maximum atomic E-state index is 11.8. The van der Waals surface area contributed by atoms with E-state index in [9.17, 15) is 4.79 Å². The van der Waals surface area contributed by atoms with Crippen LogP contribution in [0.1, 0.15) is 16.8 Å². The molecule has 0 bridgehead atoms. The smallest absolute Gasteiger partial charge is 0.255 e. The minimum atomic E-state index is -0.0243. The average molecular weight is 230 g/mol. The van der Waals surface area contributed by atoms with Crippen molar-refractivity contribution in [3.63, 3.8) is 0 Å². The quantitative estimate of drug-likeness (QED) is 0.726. The van der Waals surface area contributed by atoms with Crippen LogP contribution >= 0.6 is 23.2 Å². The molecule has 2 nitrogen and oxygen atoms in total. The van der Waals surface area contributed by atoms with Crippen molar-refractivity contribution in [3.8, 4) is 0 Å². The number of likely N-dealkylation sites (tertiary alicyclic amines) is 1. The minimum Gasteiger partial charge on any atom is -0.338 e. The molecule has 1 saturated heterocycles. The number of carbonyl (C=O) groups excluding carboxylic acids is 1. The van der Waals surface area contributed by atoms with Gasteiger partial charge in [-0.25, -0.2) is 0 Å². The van der Waals surface area contributed by atoms with Crippen LogP contribution < -0.4 is 0 Å². The molecule has 74 valence electrons. The molecule has 1 heterocycles. The number of hydrogen-bond acceptors (Lipinski definition) is 1. The first-order chi connectivity index (χ1) is 6.70. The number of benzene rings is 1. The molecule has 1 aromatic carbocycles. The fourth-order valence-electron chi connectivity index (χ4n) is 1.36. The topological polar surface area (TPSA) is 20.3 Å². The molecule has 1 aliphatic rings. The number of nitrogens with zero attached hydrogens (tertiary/aromatic N) is 1. The van der Waals surface area contributed by atoms with Crippen molar-refractivity contribution in [2.45, 2.75) is 6.42 Å². The molecule has 2 rings (SSSR count). The number of carbonyl (C=O) groups is 1. The van der Waals surface area contributed by atoms with Gasteiger partial charge in [-0.05, 0) is 18.6 Å². The van der Waals surface area contributed by atoms with E-state index in [1.165, 1.54) is 0 Å². The van der Waals surface area contributed by atoms with E-state index in [1.54, 1.807) is 23.1 Å². The Labute approximate surface area is 92.4 Å². The van der Waals surface area contributed by atoms with Gasteiger partial charge < -0.3 is 4.90 Å². The first-order valence-corrected chi connectivity index (χ1v) is 5.19. The Bertz CT molecular complexity index is 374. The number of amides is 1. The van der Waals surface area contributed by atoms with Gasteiger partial charge in [0.1, 0.15) is 0 Å². The van der Waals surface area contributed by atoms with Gasteiger partial charge in [0.05, 0.1) is 15.6 Å². The molecule has 4 heteroatoms. The molecular formula is C10H9Cl2NO. The third kappa shape index (κ3) is 1.60. The lowest BCUT2D eigenvalue weighted by molar-refractivity contribution is 0.0652. The van der Waals surface area contributed by atoms with E-state index in [1.807, 2.05) is 0 Å². The number of rotatable bonds is 1. The predicted octanol–water partition coefficient (Wildman–Crippen LogP) is 2.84. The molecule has 0 N–H and O–H groups in total. The highest BCUT2D eigenvalue weighted by molar-refractivity contribution is 6.43. The summed E-state index contributed by atoms with van der Waals surface area (Å²) in [6.45, 7) is 1.64. The second-order valence-electron chi connectivity index (χ2n) is 3.25. The maximum absolute atomic E-state index is 11.8. The Morgan fingerprint density at radius 1 is 1.29 bits per heavy atom. The van der Waals surface area contributed by atoms with Gasteiger partial charge in [0, 0.05) is 13.1 Å². The van der Waals surface area contributed by atoms with Crippen molar-refractivity contribution in [2.24, 2.45) is 0 Å². The average Bonchev–Trinajstić information content (AvgIpc) is 2.06. The van der Waals surface area contributed by atoms with E-state index in [0.29, 0.717) is 15.6 Å². The van der Waals surface area contributed by atoms with Gasteiger partial charge in [0.2, 0.25) is 0 Å². The van der Waals surface area contributed by atoms with Crippen LogP contribution in [-0.4, -0.2) is 23.9 Å². The maximum Gasteiger partial charge on any atom is 0.255 e. The molecule has 1 aliphatic heterocycles. The van der Waals surface area contributed by atoms with Crippen LogP contribution in [0, 0.1) is 0 Å². The van der Waals surface area contributed by atoms with Crippen LogP contribution in [0.4, 0.5) is 0 Å². The molecule has 1 fully saturated rings. The van der Waals surface area contributed by atoms with Crippen molar-refractivity contribution in [1.82, 2.24) is 4.90 Å². The Hall–Kier alpha value is -0.730. The van der Waals surface area contributed by atoms with Crippen LogP contribution in [0.2, 0.25) is 10.0 Å². The fraction of sp³-hybridized carbons (Fsp3) is 0.300. The zero-order valence-corrected chi connectivity index (χ0v) is 8.98. The second kappa shape index (κ2) is 3.79. The summed E-state index contributed by atoms with van der Waals surface area (Å²) in [6, 6.07) is 5.12. The van der Waals surface area contributed by atoms with Gasteiger partial charge in [-0.2, -0.15) is 0 Å². The molecule has 0 aromatic heterocycles. The molecule has 0 aliphatic carbocycles. The third-order valence-corrected chi connectivity index (χ3v) is 3.14. The Morgan fingerprint density at radius 3 is 2.57 bits per heavy atom. The van der Waals surface area contributed by atoms with Crippen molar-refractivity contribution in [3.05, 3.63) is 33.8 Å². The fourth-order valence-corrected chi connectivity index (χ4v) is 1.74. The molecule has 0 saturated carbocycles. The van der Waals surface area contributed by atoms with Crippen LogP contribution in [-0.2, 0) is 0 Å². The summed E-state index contributed by atoms with van der Waals surface area (Å²) < 4.78 is 0. The molecular weight excluding hydrogens is 221 g/mol. The summed E-state index contributed by atoms with van der Waals surface area (Å²) >= 11 is 11.8. The number of halogens is 2. The molecule has 1 amide bonds. The zero-order valence-electron chi connectivity index (χ0n) is 7.46. The Kier molecular flexibility index (Phi) is 2.66. The van der Waals surface area contributed by atoms with E-state index in [0.717, 1.165) is 19.5 Å². The largest absolute Gasteiger partial charge is 0.338 e. The summed E-state index contributed by atoms with van der Waals surface area (Å²) in [4.78, 5) is 13.5.